The van der Waals surface area contributed by atoms with Gasteiger partial charge in [-0.2, -0.15) is 0 Å². The van der Waals surface area contributed by atoms with Gasteiger partial charge in [-0.25, -0.2) is 0 Å². The number of benzene rings is 1. The lowest BCUT2D eigenvalue weighted by atomic mass is 9.81. The van der Waals surface area contributed by atoms with E-state index in [4.69, 9.17) is 0 Å². The van der Waals surface area contributed by atoms with Crippen molar-refractivity contribution in [2.75, 3.05) is 6.54 Å². The van der Waals surface area contributed by atoms with E-state index in [1.807, 2.05) is 12.3 Å². The first-order valence-electron chi connectivity index (χ1n) is 7.96. The van der Waals surface area contributed by atoms with Gasteiger partial charge < -0.3 is 5.32 Å². The van der Waals surface area contributed by atoms with Crippen LogP contribution in [0, 0.1) is 5.92 Å². The summed E-state index contributed by atoms with van der Waals surface area (Å²) in [5.41, 5.74) is 2.52. The summed E-state index contributed by atoms with van der Waals surface area (Å²) < 4.78 is 0. The average molecular weight is 268 g/mol. The number of hydrogen-bond acceptors (Lipinski definition) is 2. The molecule has 1 atom stereocenters. The summed E-state index contributed by atoms with van der Waals surface area (Å²) in [6.07, 6.45) is 8.79. The second-order valence-corrected chi connectivity index (χ2v) is 5.89. The van der Waals surface area contributed by atoms with E-state index in [-0.39, 0.29) is 0 Å². The van der Waals surface area contributed by atoms with Gasteiger partial charge in [-0.1, -0.05) is 44.4 Å². The topological polar surface area (TPSA) is 24.9 Å². The molecule has 1 aromatic carbocycles. The first-order valence-corrected chi connectivity index (χ1v) is 7.96. The third-order valence-corrected chi connectivity index (χ3v) is 4.53. The normalized spacial score (nSPS) is 18.2. The van der Waals surface area contributed by atoms with Crippen molar-refractivity contribution in [3.05, 3.63) is 42.1 Å². The minimum atomic E-state index is 0.492. The molecule has 0 spiro atoms. The van der Waals surface area contributed by atoms with Crippen molar-refractivity contribution >= 4 is 10.9 Å². The smallest absolute Gasteiger partial charge is 0.0705 e. The summed E-state index contributed by atoms with van der Waals surface area (Å²) in [5.74, 6) is 0.782. The van der Waals surface area contributed by atoms with Crippen LogP contribution in [0.1, 0.15) is 50.6 Å². The molecular weight excluding hydrogens is 244 g/mol. The molecule has 0 aliphatic heterocycles. The number of hydrogen-bond donors (Lipinski definition) is 1. The van der Waals surface area contributed by atoms with E-state index in [0.29, 0.717) is 6.04 Å². The Labute approximate surface area is 121 Å². The molecule has 20 heavy (non-hydrogen) atoms. The molecule has 0 saturated heterocycles. The van der Waals surface area contributed by atoms with Gasteiger partial charge in [0, 0.05) is 17.6 Å². The molecule has 1 N–H and O–H groups in total. The van der Waals surface area contributed by atoms with Crippen LogP contribution in [0.5, 0.6) is 0 Å². The summed E-state index contributed by atoms with van der Waals surface area (Å²) in [6.45, 7) is 3.23. The van der Waals surface area contributed by atoms with Crippen molar-refractivity contribution in [3.8, 4) is 0 Å². The Morgan fingerprint density at radius 2 is 2.05 bits per heavy atom. The Bertz CT molecular complexity index is 558. The third-order valence-electron chi connectivity index (χ3n) is 4.53. The first-order chi connectivity index (χ1) is 9.88. The maximum Gasteiger partial charge on any atom is 0.0705 e. The molecule has 1 saturated carbocycles. The fourth-order valence-corrected chi connectivity index (χ4v) is 3.52. The predicted octanol–water partition coefficient (Wildman–Crippen LogP) is 4.47. The largest absolute Gasteiger partial charge is 0.310 e. The van der Waals surface area contributed by atoms with Gasteiger partial charge in [-0.15, -0.1) is 0 Å². The molecule has 0 bridgehead atoms. The molecule has 2 aromatic rings. The minimum Gasteiger partial charge on any atom is -0.310 e. The zero-order valence-corrected chi connectivity index (χ0v) is 12.3. The SMILES string of the molecule is CCNC(c1ccc2cccnc2c1)C1CCCCC1. The lowest BCUT2D eigenvalue weighted by Gasteiger charge is -2.31. The van der Waals surface area contributed by atoms with Crippen LogP contribution in [0.3, 0.4) is 0 Å². The van der Waals surface area contributed by atoms with Gasteiger partial charge in [0.25, 0.3) is 0 Å². The van der Waals surface area contributed by atoms with Gasteiger partial charge in [0.15, 0.2) is 0 Å². The van der Waals surface area contributed by atoms with E-state index in [9.17, 15) is 0 Å². The van der Waals surface area contributed by atoms with Crippen molar-refractivity contribution in [1.29, 1.82) is 0 Å². The van der Waals surface area contributed by atoms with Crippen LogP contribution in [0.4, 0.5) is 0 Å². The molecule has 0 amide bonds. The third kappa shape index (κ3) is 2.85. The number of pyridine rings is 1. The highest BCUT2D eigenvalue weighted by Gasteiger charge is 2.24. The zero-order valence-electron chi connectivity index (χ0n) is 12.3. The van der Waals surface area contributed by atoms with E-state index in [1.54, 1.807) is 0 Å². The second-order valence-electron chi connectivity index (χ2n) is 5.89. The fraction of sp³-hybridized carbons (Fsp3) is 0.500. The van der Waals surface area contributed by atoms with Gasteiger partial charge in [-0.3, -0.25) is 4.98 Å². The summed E-state index contributed by atoms with van der Waals surface area (Å²) in [6, 6.07) is 11.4. The van der Waals surface area contributed by atoms with Gasteiger partial charge in [0.2, 0.25) is 0 Å². The van der Waals surface area contributed by atoms with Crippen molar-refractivity contribution < 1.29 is 0 Å². The van der Waals surface area contributed by atoms with E-state index in [1.165, 1.54) is 43.1 Å². The molecule has 106 valence electrons. The molecule has 1 aromatic heterocycles. The number of nitrogens with one attached hydrogen (secondary N) is 1. The van der Waals surface area contributed by atoms with Crippen molar-refractivity contribution in [2.24, 2.45) is 5.92 Å². The Hall–Kier alpha value is -1.41. The highest BCUT2D eigenvalue weighted by Crippen LogP contribution is 2.35. The first kappa shape index (κ1) is 13.6. The van der Waals surface area contributed by atoms with E-state index < -0.39 is 0 Å². The van der Waals surface area contributed by atoms with Gasteiger partial charge in [0.1, 0.15) is 0 Å². The molecule has 1 aliphatic rings. The number of fused-ring (bicyclic) bond motifs is 1. The van der Waals surface area contributed by atoms with Crippen molar-refractivity contribution in [2.45, 2.75) is 45.1 Å². The highest BCUT2D eigenvalue weighted by atomic mass is 14.9. The maximum atomic E-state index is 4.50. The van der Waals surface area contributed by atoms with Crippen LogP contribution in [-0.2, 0) is 0 Å². The molecule has 2 nitrogen and oxygen atoms in total. The fourth-order valence-electron chi connectivity index (χ4n) is 3.52. The van der Waals surface area contributed by atoms with E-state index in [2.05, 4.69) is 41.5 Å². The molecule has 1 heterocycles. The molecule has 0 radical (unpaired) electrons. The molecular formula is C18H24N2. The van der Waals surface area contributed by atoms with Crippen LogP contribution in [0.25, 0.3) is 10.9 Å². The number of aromatic nitrogens is 1. The highest BCUT2D eigenvalue weighted by molar-refractivity contribution is 5.79. The summed E-state index contributed by atoms with van der Waals surface area (Å²) >= 11 is 0. The molecule has 1 fully saturated rings. The molecule has 1 unspecified atom stereocenters. The summed E-state index contributed by atoms with van der Waals surface area (Å²) in [7, 11) is 0. The van der Waals surface area contributed by atoms with E-state index >= 15 is 0 Å². The van der Waals surface area contributed by atoms with E-state index in [0.717, 1.165) is 18.0 Å². The quantitative estimate of drug-likeness (QED) is 0.885. The Kier molecular flexibility index (Phi) is 4.31. The lowest BCUT2D eigenvalue weighted by Crippen LogP contribution is -2.29. The predicted molar refractivity (Wildman–Crippen MR) is 84.7 cm³/mol. The van der Waals surface area contributed by atoms with Gasteiger partial charge >= 0.3 is 0 Å². The Balaban J connectivity index is 1.91. The number of nitrogens with zero attached hydrogens (tertiary/aromatic N) is 1. The van der Waals surface area contributed by atoms with Gasteiger partial charge in [0.05, 0.1) is 5.52 Å². The van der Waals surface area contributed by atoms with Crippen molar-refractivity contribution in [3.63, 3.8) is 0 Å². The van der Waals surface area contributed by atoms with Crippen molar-refractivity contribution in [1.82, 2.24) is 10.3 Å². The average Bonchev–Trinajstić information content (AvgIpc) is 2.53. The minimum absolute atomic E-state index is 0.492. The summed E-state index contributed by atoms with van der Waals surface area (Å²) in [4.78, 5) is 4.50. The molecule has 3 rings (SSSR count). The monoisotopic (exact) mass is 268 g/mol. The standard InChI is InChI=1S/C18H24N2/c1-2-19-18(15-7-4-3-5-8-15)16-11-10-14-9-6-12-20-17(14)13-16/h6,9-13,15,18-19H,2-5,7-8H2,1H3. The molecule has 2 heteroatoms. The van der Waals surface area contributed by atoms with Crippen LogP contribution in [-0.4, -0.2) is 11.5 Å². The lowest BCUT2D eigenvalue weighted by molar-refractivity contribution is 0.274. The Morgan fingerprint density at radius 3 is 2.85 bits per heavy atom. The van der Waals surface area contributed by atoms with Crippen LogP contribution in [0.15, 0.2) is 36.5 Å². The second kappa shape index (κ2) is 6.36. The van der Waals surface area contributed by atoms with Crippen LogP contribution in [0.2, 0.25) is 0 Å². The Morgan fingerprint density at radius 1 is 1.20 bits per heavy atom. The summed E-state index contributed by atoms with van der Waals surface area (Å²) in [5, 5.41) is 4.94. The zero-order chi connectivity index (χ0) is 13.8. The maximum absolute atomic E-state index is 4.50. The van der Waals surface area contributed by atoms with Gasteiger partial charge in [-0.05, 0) is 43.0 Å². The van der Waals surface area contributed by atoms with Crippen LogP contribution < -0.4 is 5.32 Å². The van der Waals surface area contributed by atoms with Crippen LogP contribution >= 0.6 is 0 Å². The number of rotatable bonds is 4. The molecule has 1 aliphatic carbocycles.